The van der Waals surface area contributed by atoms with Gasteiger partial charge < -0.3 is 55.6 Å². The minimum Gasteiger partial charge on any atom is -0.351 e. The number of aryl methyl sites for hydroxylation is 1. The van der Waals surface area contributed by atoms with E-state index < -0.39 is 156 Å². The van der Waals surface area contributed by atoms with Gasteiger partial charge in [0.2, 0.25) is 65.0 Å². The number of nitrogens with zero attached hydrogens (tertiary/aromatic N) is 7. The number of rotatable bonds is 12. The number of nitrogens with one attached hydrogen (secondary N) is 4. The summed E-state index contributed by atoms with van der Waals surface area (Å²) < 4.78 is 41.0. The van der Waals surface area contributed by atoms with Gasteiger partial charge in [0, 0.05) is 72.7 Å². The summed E-state index contributed by atoms with van der Waals surface area (Å²) in [5, 5.41) is 11.9. The lowest BCUT2D eigenvalue weighted by molar-refractivity contribution is -0.157. The van der Waals surface area contributed by atoms with Crippen LogP contribution in [-0.2, 0) is 71.8 Å². The number of hydrogen-bond donors (Lipinski definition) is 4. The van der Waals surface area contributed by atoms with Gasteiger partial charge in [-0.2, -0.15) is 13.2 Å². The number of fused-ring (bicyclic) bond motifs is 1. The Morgan fingerprint density at radius 1 is 0.613 bits per heavy atom. The quantitative estimate of drug-likeness (QED) is 0.207. The van der Waals surface area contributed by atoms with E-state index in [1.165, 1.54) is 83.8 Å². The zero-order chi connectivity index (χ0) is 69.7. The van der Waals surface area contributed by atoms with Crippen molar-refractivity contribution in [3.8, 4) is 0 Å². The number of benzene rings is 2. The van der Waals surface area contributed by atoms with Gasteiger partial charge in [0.25, 0.3) is 0 Å². The van der Waals surface area contributed by atoms with Crippen LogP contribution in [0.25, 0.3) is 0 Å². The summed E-state index contributed by atoms with van der Waals surface area (Å²) in [6.45, 7) is 15.1. The molecule has 9 atom stereocenters. The molecule has 2 heterocycles. The van der Waals surface area contributed by atoms with E-state index in [-0.39, 0.29) is 76.2 Å². The first kappa shape index (κ1) is 76.4. The van der Waals surface area contributed by atoms with E-state index >= 15 is 14.4 Å². The van der Waals surface area contributed by atoms with E-state index in [0.717, 1.165) is 17.0 Å². The van der Waals surface area contributed by atoms with Gasteiger partial charge in [-0.15, -0.1) is 0 Å². The fraction of sp³-hybridized carbons (Fsp3) is 0.657. The molecule has 5 rings (SSSR count). The van der Waals surface area contributed by atoms with Gasteiger partial charge in [-0.05, 0) is 111 Å². The Morgan fingerprint density at radius 3 is 1.69 bits per heavy atom. The standard InChI is InChI=1S/C67H99ClF3N11O11/c1-16-42(8)56-64(92)77(11)38-55(85)82-32-29-49(82)63(91)79(13)52(36-45-21-26-47(68)27-22-45)62(90)76(10)37-53(83)73-48(28-23-44-19-24-46(25-20-44)67(69,70)71)61(89)78(12)51(34-40(4)5)59(87)75-66(30-17-18-31-66)65(93)80(14)50(33-39(2)3)58(86)72-43(9)35-54(84)81(15)57(41(6)7)60(88)74-56/h19-22,24-27,39-43,48-52,56-57H,16-18,23,28-38H2,1-15H3,(H,72,86)(H,73,83)(H,74,88)(H,75,87)/t42-,43+,48-,49-,50-,51-,52-,56-,57-/m0/s1. The van der Waals surface area contributed by atoms with Crippen molar-refractivity contribution in [2.24, 2.45) is 23.7 Å². The molecule has 11 amide bonds. The highest BCUT2D eigenvalue weighted by molar-refractivity contribution is 6.30. The van der Waals surface area contributed by atoms with Crippen molar-refractivity contribution in [3.63, 3.8) is 0 Å². The summed E-state index contributed by atoms with van der Waals surface area (Å²) in [4.78, 5) is 169. The van der Waals surface area contributed by atoms with E-state index in [0.29, 0.717) is 35.4 Å². The van der Waals surface area contributed by atoms with Crippen LogP contribution in [0.4, 0.5) is 13.2 Å². The molecule has 516 valence electrons. The molecule has 1 aliphatic carbocycles. The SMILES string of the molecule is CC[C@H](C)[C@@H]1NC(=O)[C@H](C(C)C)N(C)C(=O)C[C@@H](C)NC(=O)[C@H](CC(C)C)N(C)C(=O)C2(CCCC2)NC(=O)[C@H](CC(C)C)N(C)C(=O)[C@H](CCc2ccc(C(F)(F)F)cc2)NC(=O)CN(C)C(=O)[C@H](Cc2ccc(Cl)cc2)N(C)C(=O)[C@@H]2CCN2C(=O)CN(C)C1=O. The zero-order valence-electron chi connectivity index (χ0n) is 56.8. The topological polar surface area (TPSA) is 259 Å². The third kappa shape index (κ3) is 19.9. The maximum Gasteiger partial charge on any atom is 0.416 e. The van der Waals surface area contributed by atoms with Crippen molar-refractivity contribution >= 4 is 76.6 Å². The summed E-state index contributed by atoms with van der Waals surface area (Å²) in [5.41, 5.74) is -1.46. The third-order valence-corrected chi connectivity index (χ3v) is 18.6. The molecule has 0 aromatic heterocycles. The van der Waals surface area contributed by atoms with Gasteiger partial charge in [0.05, 0.1) is 18.7 Å². The summed E-state index contributed by atoms with van der Waals surface area (Å²) >= 11 is 6.24. The summed E-state index contributed by atoms with van der Waals surface area (Å²) in [5.74, 6) is -8.37. The maximum absolute atomic E-state index is 15.2. The summed E-state index contributed by atoms with van der Waals surface area (Å²) in [7, 11) is 8.45. The molecule has 2 aromatic carbocycles. The van der Waals surface area contributed by atoms with Crippen molar-refractivity contribution in [3.05, 3.63) is 70.2 Å². The molecule has 22 nitrogen and oxygen atoms in total. The van der Waals surface area contributed by atoms with E-state index in [4.69, 9.17) is 11.6 Å². The molecule has 1 saturated carbocycles. The predicted molar refractivity (Wildman–Crippen MR) is 345 cm³/mol. The smallest absolute Gasteiger partial charge is 0.351 e. The molecule has 26 heteroatoms. The molecule has 3 fully saturated rings. The van der Waals surface area contributed by atoms with E-state index in [1.807, 2.05) is 34.6 Å². The largest absolute Gasteiger partial charge is 0.416 e. The molecule has 0 radical (unpaired) electrons. The predicted octanol–water partition coefficient (Wildman–Crippen LogP) is 5.46. The van der Waals surface area contributed by atoms with Crippen LogP contribution < -0.4 is 21.3 Å². The van der Waals surface area contributed by atoms with Crippen LogP contribution in [0.2, 0.25) is 5.02 Å². The minimum atomic E-state index is -4.63. The van der Waals surface area contributed by atoms with Gasteiger partial charge in [0.1, 0.15) is 47.8 Å². The number of carbonyl (C=O) groups excluding carboxylic acids is 11. The Bertz CT molecular complexity index is 3000. The van der Waals surface area contributed by atoms with Gasteiger partial charge >= 0.3 is 6.18 Å². The highest BCUT2D eigenvalue weighted by Crippen LogP contribution is 2.34. The lowest BCUT2D eigenvalue weighted by atomic mass is 9.91. The highest BCUT2D eigenvalue weighted by Gasteiger charge is 2.49. The lowest BCUT2D eigenvalue weighted by Gasteiger charge is -2.43. The first-order valence-corrected chi connectivity index (χ1v) is 32.8. The van der Waals surface area contributed by atoms with E-state index in [9.17, 15) is 51.5 Å². The molecule has 3 aliphatic rings. The number of halogens is 4. The Morgan fingerprint density at radius 2 is 1.16 bits per heavy atom. The Kier molecular flexibility index (Phi) is 27.3. The molecular formula is C67H99ClF3N11O11. The second-order valence-corrected chi connectivity index (χ2v) is 27.5. The number of likely N-dealkylation sites (N-methyl/N-ethyl adjacent to an activating group) is 6. The first-order chi connectivity index (χ1) is 43.4. The van der Waals surface area contributed by atoms with Crippen molar-refractivity contribution < 1.29 is 65.9 Å². The molecule has 4 N–H and O–H groups in total. The maximum atomic E-state index is 15.2. The molecular weight excluding hydrogens is 1230 g/mol. The van der Waals surface area contributed by atoms with E-state index in [2.05, 4.69) is 21.3 Å². The summed E-state index contributed by atoms with van der Waals surface area (Å²) in [6, 6.07) is 1.64. The Balaban J connectivity index is 1.59. The van der Waals surface area contributed by atoms with Crippen molar-refractivity contribution in [2.45, 2.75) is 199 Å². The number of hydrogen-bond acceptors (Lipinski definition) is 11. The molecule has 2 aliphatic heterocycles. The van der Waals surface area contributed by atoms with Gasteiger partial charge in [-0.3, -0.25) is 52.7 Å². The van der Waals surface area contributed by atoms with Crippen LogP contribution in [-0.4, -0.2) is 215 Å². The first-order valence-electron chi connectivity index (χ1n) is 32.4. The molecule has 0 unspecified atom stereocenters. The van der Waals surface area contributed by atoms with Gasteiger partial charge in [-0.25, -0.2) is 0 Å². The fourth-order valence-electron chi connectivity index (χ4n) is 12.5. The number of amides is 11. The average Bonchev–Trinajstić information content (AvgIpc) is 1.76. The van der Waals surface area contributed by atoms with Crippen molar-refractivity contribution in [1.29, 1.82) is 0 Å². The molecule has 2 saturated heterocycles. The molecule has 2 aromatic rings. The number of alkyl halides is 3. The van der Waals surface area contributed by atoms with Crippen LogP contribution in [0.15, 0.2) is 48.5 Å². The fourth-order valence-corrected chi connectivity index (χ4v) is 12.7. The number of carbonyl (C=O) groups is 11. The monoisotopic (exact) mass is 1330 g/mol. The second kappa shape index (κ2) is 33.2. The molecule has 93 heavy (non-hydrogen) atoms. The highest BCUT2D eigenvalue weighted by atomic mass is 35.5. The average molecular weight is 1330 g/mol. The van der Waals surface area contributed by atoms with Crippen LogP contribution in [0.5, 0.6) is 0 Å². The molecule has 1 spiro atoms. The lowest BCUT2D eigenvalue weighted by Crippen LogP contribution is -2.64. The second-order valence-electron chi connectivity index (χ2n) is 27.0. The van der Waals surface area contributed by atoms with Crippen LogP contribution >= 0.6 is 11.6 Å². The van der Waals surface area contributed by atoms with Crippen LogP contribution in [0, 0.1) is 23.7 Å². The Hall–Kier alpha value is -7.31. The van der Waals surface area contributed by atoms with Crippen LogP contribution in [0.1, 0.15) is 143 Å². The minimum absolute atomic E-state index is 0.0293. The van der Waals surface area contributed by atoms with Gasteiger partial charge in [-0.1, -0.05) is 111 Å². The van der Waals surface area contributed by atoms with Crippen LogP contribution in [0.3, 0.4) is 0 Å². The van der Waals surface area contributed by atoms with Crippen molar-refractivity contribution in [2.75, 3.05) is 61.9 Å². The van der Waals surface area contributed by atoms with Gasteiger partial charge in [0.15, 0.2) is 0 Å². The Labute approximate surface area is 551 Å². The van der Waals surface area contributed by atoms with Crippen molar-refractivity contribution in [1.82, 2.24) is 55.6 Å². The van der Waals surface area contributed by atoms with E-state index in [1.54, 1.807) is 52.0 Å². The zero-order valence-corrected chi connectivity index (χ0v) is 57.5. The molecule has 0 bridgehead atoms. The normalized spacial score (nSPS) is 25.4. The summed E-state index contributed by atoms with van der Waals surface area (Å²) in [6.07, 6.45) is -2.86. The third-order valence-electron chi connectivity index (χ3n) is 18.4.